The summed E-state index contributed by atoms with van der Waals surface area (Å²) in [6.07, 6.45) is 6.54. The van der Waals surface area contributed by atoms with E-state index in [4.69, 9.17) is 10.3 Å². The van der Waals surface area contributed by atoms with Crippen molar-refractivity contribution in [2.45, 2.75) is 51.0 Å². The van der Waals surface area contributed by atoms with E-state index in [2.05, 4.69) is 15.1 Å². The van der Waals surface area contributed by atoms with Crippen LogP contribution in [0, 0.1) is 6.92 Å². The summed E-state index contributed by atoms with van der Waals surface area (Å²) in [5.41, 5.74) is 7.69. The predicted octanol–water partition coefficient (Wildman–Crippen LogP) is 2.95. The maximum absolute atomic E-state index is 6.49. The first-order chi connectivity index (χ1) is 9.67. The zero-order valence-corrected chi connectivity index (χ0v) is 11.8. The number of aryl methyl sites for hydroxylation is 1. The molecular weight excluding hydrogens is 252 g/mol. The van der Waals surface area contributed by atoms with Gasteiger partial charge in [0.1, 0.15) is 5.69 Å². The quantitative estimate of drug-likeness (QED) is 0.850. The molecule has 0 bridgehead atoms. The molecule has 1 fully saturated rings. The molecule has 0 atom stereocenters. The van der Waals surface area contributed by atoms with E-state index >= 15 is 0 Å². The van der Waals surface area contributed by atoms with Crippen molar-refractivity contribution in [2.24, 2.45) is 5.73 Å². The third kappa shape index (κ3) is 2.58. The van der Waals surface area contributed by atoms with Crippen molar-refractivity contribution >= 4 is 0 Å². The molecule has 5 heteroatoms. The molecule has 0 unspecified atom stereocenters. The minimum absolute atomic E-state index is 0.467. The number of pyridine rings is 1. The largest absolute Gasteiger partial charge is 0.337 e. The molecule has 2 aromatic heterocycles. The van der Waals surface area contributed by atoms with E-state index in [0.29, 0.717) is 11.7 Å². The van der Waals surface area contributed by atoms with Crippen molar-refractivity contribution in [2.75, 3.05) is 0 Å². The van der Waals surface area contributed by atoms with Crippen LogP contribution in [0.5, 0.6) is 0 Å². The summed E-state index contributed by atoms with van der Waals surface area (Å²) in [4.78, 5) is 8.91. The van der Waals surface area contributed by atoms with E-state index in [1.54, 1.807) is 0 Å². The van der Waals surface area contributed by atoms with Crippen molar-refractivity contribution in [3.05, 3.63) is 29.8 Å². The van der Waals surface area contributed by atoms with E-state index < -0.39 is 5.54 Å². The first-order valence-electron chi connectivity index (χ1n) is 7.24. The second-order valence-electron chi connectivity index (χ2n) is 5.66. The lowest BCUT2D eigenvalue weighted by atomic mass is 9.91. The Kier molecular flexibility index (Phi) is 3.53. The Hall–Kier alpha value is -1.75. The normalized spacial score (nSPS) is 18.7. The lowest BCUT2D eigenvalue weighted by Crippen LogP contribution is -2.36. The summed E-state index contributed by atoms with van der Waals surface area (Å²) in [6, 6.07) is 5.77. The molecule has 2 heterocycles. The molecular formula is C15H20N4O. The van der Waals surface area contributed by atoms with Crippen LogP contribution in [0.4, 0.5) is 0 Å². The molecule has 0 radical (unpaired) electrons. The SMILES string of the molecule is Cc1cccc(-c2noc(C3(N)CCCCCC3)n2)n1. The van der Waals surface area contributed by atoms with Gasteiger partial charge >= 0.3 is 0 Å². The van der Waals surface area contributed by atoms with E-state index in [0.717, 1.165) is 37.1 Å². The Labute approximate surface area is 118 Å². The monoisotopic (exact) mass is 272 g/mol. The van der Waals surface area contributed by atoms with Gasteiger partial charge in [0.15, 0.2) is 0 Å². The summed E-state index contributed by atoms with van der Waals surface area (Å²) in [5.74, 6) is 1.08. The van der Waals surface area contributed by atoms with Crippen LogP contribution in [0.2, 0.25) is 0 Å². The summed E-state index contributed by atoms with van der Waals surface area (Å²) < 4.78 is 5.43. The predicted molar refractivity (Wildman–Crippen MR) is 75.8 cm³/mol. The van der Waals surface area contributed by atoms with E-state index in [-0.39, 0.29) is 0 Å². The van der Waals surface area contributed by atoms with Crippen molar-refractivity contribution < 1.29 is 4.52 Å². The van der Waals surface area contributed by atoms with Gasteiger partial charge < -0.3 is 10.3 Å². The molecule has 0 amide bonds. The van der Waals surface area contributed by atoms with Gasteiger partial charge in [-0.05, 0) is 31.9 Å². The van der Waals surface area contributed by atoms with Gasteiger partial charge in [-0.1, -0.05) is 36.9 Å². The van der Waals surface area contributed by atoms with Gasteiger partial charge in [0.05, 0.1) is 5.54 Å². The van der Waals surface area contributed by atoms with Crippen molar-refractivity contribution in [3.63, 3.8) is 0 Å². The first-order valence-corrected chi connectivity index (χ1v) is 7.24. The molecule has 5 nitrogen and oxygen atoms in total. The molecule has 106 valence electrons. The van der Waals surface area contributed by atoms with Gasteiger partial charge in [-0.3, -0.25) is 0 Å². The summed E-state index contributed by atoms with van der Waals surface area (Å²) in [5, 5.41) is 4.05. The Morgan fingerprint density at radius 2 is 1.85 bits per heavy atom. The average molecular weight is 272 g/mol. The van der Waals surface area contributed by atoms with E-state index in [1.807, 2.05) is 25.1 Å². The second-order valence-corrected chi connectivity index (χ2v) is 5.66. The van der Waals surface area contributed by atoms with Crippen LogP contribution >= 0.6 is 0 Å². The molecule has 0 spiro atoms. The van der Waals surface area contributed by atoms with Gasteiger partial charge in [0, 0.05) is 5.69 Å². The standard InChI is InChI=1S/C15H20N4O/c1-11-7-6-8-12(17-11)13-18-14(20-19-13)15(16)9-4-2-3-5-10-15/h6-8H,2-5,9-10,16H2,1H3. The lowest BCUT2D eigenvalue weighted by molar-refractivity contribution is 0.257. The Balaban J connectivity index is 1.89. The maximum Gasteiger partial charge on any atom is 0.247 e. The van der Waals surface area contributed by atoms with Crippen molar-refractivity contribution in [1.29, 1.82) is 0 Å². The molecule has 0 saturated heterocycles. The van der Waals surface area contributed by atoms with Crippen molar-refractivity contribution in [1.82, 2.24) is 15.1 Å². The molecule has 1 aliphatic carbocycles. The fourth-order valence-corrected chi connectivity index (χ4v) is 2.77. The molecule has 0 aliphatic heterocycles. The summed E-state index contributed by atoms with van der Waals surface area (Å²) >= 11 is 0. The number of hydrogen-bond acceptors (Lipinski definition) is 5. The molecule has 2 aromatic rings. The number of rotatable bonds is 2. The number of nitrogens with zero attached hydrogens (tertiary/aromatic N) is 3. The van der Waals surface area contributed by atoms with Crippen LogP contribution in [0.25, 0.3) is 11.5 Å². The molecule has 0 aromatic carbocycles. The van der Waals surface area contributed by atoms with Crippen LogP contribution < -0.4 is 5.73 Å². The van der Waals surface area contributed by atoms with Gasteiger partial charge in [-0.25, -0.2) is 4.98 Å². The number of hydrogen-bond donors (Lipinski definition) is 1. The lowest BCUT2D eigenvalue weighted by Gasteiger charge is -2.22. The van der Waals surface area contributed by atoms with Gasteiger partial charge in [-0.2, -0.15) is 4.98 Å². The van der Waals surface area contributed by atoms with Crippen LogP contribution in [-0.4, -0.2) is 15.1 Å². The highest BCUT2D eigenvalue weighted by atomic mass is 16.5. The summed E-state index contributed by atoms with van der Waals surface area (Å²) in [6.45, 7) is 1.94. The molecule has 3 rings (SSSR count). The second kappa shape index (κ2) is 5.32. The van der Waals surface area contributed by atoms with Gasteiger partial charge in [-0.15, -0.1) is 0 Å². The number of nitrogens with two attached hydrogens (primary N) is 1. The molecule has 1 aliphatic rings. The fourth-order valence-electron chi connectivity index (χ4n) is 2.77. The Morgan fingerprint density at radius 3 is 2.55 bits per heavy atom. The Bertz CT molecular complexity index is 585. The van der Waals surface area contributed by atoms with E-state index in [1.165, 1.54) is 12.8 Å². The smallest absolute Gasteiger partial charge is 0.247 e. The van der Waals surface area contributed by atoms with Crippen LogP contribution in [0.15, 0.2) is 22.7 Å². The van der Waals surface area contributed by atoms with Gasteiger partial charge in [0.2, 0.25) is 11.7 Å². The third-order valence-electron chi connectivity index (χ3n) is 3.97. The summed E-state index contributed by atoms with van der Waals surface area (Å²) in [7, 11) is 0. The van der Waals surface area contributed by atoms with Gasteiger partial charge in [0.25, 0.3) is 0 Å². The molecule has 2 N–H and O–H groups in total. The average Bonchev–Trinajstić information content (AvgIpc) is 2.84. The Morgan fingerprint density at radius 1 is 1.10 bits per heavy atom. The molecule has 20 heavy (non-hydrogen) atoms. The maximum atomic E-state index is 6.49. The topological polar surface area (TPSA) is 77.8 Å². The fraction of sp³-hybridized carbons (Fsp3) is 0.533. The van der Waals surface area contributed by atoms with Crippen molar-refractivity contribution in [3.8, 4) is 11.5 Å². The molecule has 1 saturated carbocycles. The first kappa shape index (κ1) is 13.2. The third-order valence-corrected chi connectivity index (χ3v) is 3.97. The number of aromatic nitrogens is 3. The zero-order chi connectivity index (χ0) is 14.0. The van der Waals surface area contributed by atoms with E-state index in [9.17, 15) is 0 Å². The highest BCUT2D eigenvalue weighted by Gasteiger charge is 2.34. The highest BCUT2D eigenvalue weighted by Crippen LogP contribution is 2.33. The minimum Gasteiger partial charge on any atom is -0.337 e. The van der Waals surface area contributed by atoms with Crippen LogP contribution in [0.1, 0.15) is 50.1 Å². The highest BCUT2D eigenvalue weighted by molar-refractivity contribution is 5.48. The zero-order valence-electron chi connectivity index (χ0n) is 11.8. The minimum atomic E-state index is -0.467. The van der Waals surface area contributed by atoms with Crippen LogP contribution in [-0.2, 0) is 5.54 Å². The van der Waals surface area contributed by atoms with Crippen LogP contribution in [0.3, 0.4) is 0 Å².